The Morgan fingerprint density at radius 3 is 2.63 bits per heavy atom. The van der Waals surface area contributed by atoms with E-state index in [1.54, 1.807) is 6.07 Å². The summed E-state index contributed by atoms with van der Waals surface area (Å²) < 4.78 is 1.85. The minimum absolute atomic E-state index is 0.304. The van der Waals surface area contributed by atoms with Crippen LogP contribution in [0.5, 0.6) is 0 Å². The standard InChI is InChI=1S/C21H19N7OS/c1-30-21-17(11-22)16(10-18(24-21)12-2-3-12)20(29)23-14-6-4-13(5-7-14)19-25-26-27-28(19)15-8-9-15/h4-7,10,12,15H,2-3,8-9H2,1H3,(H,23,29). The van der Waals surface area contributed by atoms with Crippen molar-refractivity contribution in [1.82, 2.24) is 25.2 Å². The fourth-order valence-corrected chi connectivity index (χ4v) is 3.97. The van der Waals surface area contributed by atoms with Gasteiger partial charge in [-0.15, -0.1) is 16.9 Å². The van der Waals surface area contributed by atoms with E-state index < -0.39 is 0 Å². The molecular formula is C21H19N7OS. The van der Waals surface area contributed by atoms with Gasteiger partial charge >= 0.3 is 0 Å². The van der Waals surface area contributed by atoms with E-state index >= 15 is 0 Å². The highest BCUT2D eigenvalue weighted by molar-refractivity contribution is 7.98. The zero-order valence-corrected chi connectivity index (χ0v) is 17.2. The first-order chi connectivity index (χ1) is 14.7. The molecule has 1 aromatic carbocycles. The van der Waals surface area contributed by atoms with Crippen molar-refractivity contribution in [3.05, 3.63) is 47.2 Å². The number of hydrogen-bond donors (Lipinski definition) is 1. The second kappa shape index (κ2) is 7.54. The Morgan fingerprint density at radius 2 is 2.00 bits per heavy atom. The van der Waals surface area contributed by atoms with Crippen LogP contribution in [-0.2, 0) is 0 Å². The third-order valence-corrected chi connectivity index (χ3v) is 6.02. The van der Waals surface area contributed by atoms with E-state index in [-0.39, 0.29) is 5.91 Å². The van der Waals surface area contributed by atoms with Crippen LogP contribution in [0.4, 0.5) is 5.69 Å². The van der Waals surface area contributed by atoms with Crippen LogP contribution in [0.2, 0.25) is 0 Å². The Balaban J connectivity index is 1.40. The predicted octanol–water partition coefficient (Wildman–Crippen LogP) is 3.79. The summed E-state index contributed by atoms with van der Waals surface area (Å²) in [6.45, 7) is 0. The maximum Gasteiger partial charge on any atom is 0.257 e. The molecule has 3 aromatic rings. The van der Waals surface area contributed by atoms with Gasteiger partial charge in [-0.05, 0) is 72.7 Å². The molecule has 1 N–H and O–H groups in total. The quantitative estimate of drug-likeness (QED) is 0.608. The Morgan fingerprint density at radius 1 is 1.23 bits per heavy atom. The molecule has 2 aliphatic carbocycles. The molecule has 9 heteroatoms. The van der Waals surface area contributed by atoms with Crippen molar-refractivity contribution < 1.29 is 4.79 Å². The summed E-state index contributed by atoms with van der Waals surface area (Å²) in [5.74, 6) is 0.823. The highest BCUT2D eigenvalue weighted by Crippen LogP contribution is 2.41. The SMILES string of the molecule is CSc1nc(C2CC2)cc(C(=O)Nc2ccc(-c3nnnn3C3CC3)cc2)c1C#N. The first-order valence-electron chi connectivity index (χ1n) is 9.86. The molecule has 30 heavy (non-hydrogen) atoms. The maximum atomic E-state index is 13.0. The number of benzene rings is 1. The number of amides is 1. The Labute approximate surface area is 177 Å². The first-order valence-corrected chi connectivity index (χ1v) is 11.1. The van der Waals surface area contributed by atoms with Crippen LogP contribution in [0.15, 0.2) is 35.4 Å². The monoisotopic (exact) mass is 417 g/mol. The largest absolute Gasteiger partial charge is 0.322 e. The lowest BCUT2D eigenvalue weighted by Gasteiger charge is -2.11. The number of nitriles is 1. The number of tetrazole rings is 1. The van der Waals surface area contributed by atoms with Crippen molar-refractivity contribution in [2.45, 2.75) is 42.7 Å². The highest BCUT2D eigenvalue weighted by atomic mass is 32.2. The summed E-state index contributed by atoms with van der Waals surface area (Å²) in [4.78, 5) is 17.6. The van der Waals surface area contributed by atoms with Crippen LogP contribution < -0.4 is 5.32 Å². The van der Waals surface area contributed by atoms with E-state index in [0.29, 0.717) is 33.8 Å². The smallest absolute Gasteiger partial charge is 0.257 e. The number of rotatable bonds is 6. The number of nitrogens with one attached hydrogen (secondary N) is 1. The minimum atomic E-state index is -0.304. The molecule has 1 amide bonds. The number of hydrogen-bond acceptors (Lipinski definition) is 7. The minimum Gasteiger partial charge on any atom is -0.322 e. The fraction of sp³-hybridized carbons (Fsp3) is 0.333. The summed E-state index contributed by atoms with van der Waals surface area (Å²) in [7, 11) is 0. The summed E-state index contributed by atoms with van der Waals surface area (Å²) in [5, 5.41) is 25.1. The van der Waals surface area contributed by atoms with Gasteiger partial charge in [0.15, 0.2) is 5.82 Å². The topological polar surface area (TPSA) is 109 Å². The van der Waals surface area contributed by atoms with E-state index in [1.165, 1.54) is 11.8 Å². The van der Waals surface area contributed by atoms with E-state index in [9.17, 15) is 10.1 Å². The van der Waals surface area contributed by atoms with Crippen LogP contribution in [0, 0.1) is 11.3 Å². The molecule has 0 unspecified atom stereocenters. The number of anilines is 1. The molecular weight excluding hydrogens is 398 g/mol. The van der Waals surface area contributed by atoms with Gasteiger partial charge in [-0.1, -0.05) is 0 Å². The molecule has 0 saturated heterocycles. The first kappa shape index (κ1) is 18.8. The fourth-order valence-electron chi connectivity index (χ4n) is 3.41. The summed E-state index contributed by atoms with van der Waals surface area (Å²) in [6, 6.07) is 11.7. The Bertz CT molecular complexity index is 1160. The van der Waals surface area contributed by atoms with Gasteiger partial charge in [0, 0.05) is 22.9 Å². The number of carbonyl (C=O) groups is 1. The second-order valence-electron chi connectivity index (χ2n) is 7.57. The summed E-state index contributed by atoms with van der Waals surface area (Å²) in [5.41, 5.74) is 3.14. The van der Waals surface area contributed by atoms with Crippen LogP contribution in [-0.4, -0.2) is 37.4 Å². The number of aromatic nitrogens is 5. The van der Waals surface area contributed by atoms with Crippen molar-refractivity contribution in [2.24, 2.45) is 0 Å². The van der Waals surface area contributed by atoms with Gasteiger partial charge in [-0.2, -0.15) is 5.26 Å². The molecule has 150 valence electrons. The third kappa shape index (κ3) is 3.55. The average Bonchev–Trinajstić information content (AvgIpc) is 3.71. The second-order valence-corrected chi connectivity index (χ2v) is 8.37. The Hall–Kier alpha value is -3.25. The third-order valence-electron chi connectivity index (χ3n) is 5.34. The molecule has 2 saturated carbocycles. The molecule has 0 atom stereocenters. The number of pyridine rings is 1. The van der Waals surface area contributed by atoms with Gasteiger partial charge in [0.25, 0.3) is 5.91 Å². The number of carbonyl (C=O) groups excluding carboxylic acids is 1. The molecule has 2 aromatic heterocycles. The molecule has 8 nitrogen and oxygen atoms in total. The van der Waals surface area contributed by atoms with Gasteiger partial charge in [0.1, 0.15) is 11.1 Å². The van der Waals surface area contributed by atoms with Crippen molar-refractivity contribution in [2.75, 3.05) is 11.6 Å². The normalized spacial score (nSPS) is 15.6. The average molecular weight is 417 g/mol. The number of thioether (sulfide) groups is 1. The van der Waals surface area contributed by atoms with E-state index in [4.69, 9.17) is 0 Å². The molecule has 0 bridgehead atoms. The summed E-state index contributed by atoms with van der Waals surface area (Å²) in [6.07, 6.45) is 6.22. The number of nitrogens with zero attached hydrogens (tertiary/aromatic N) is 6. The van der Waals surface area contributed by atoms with E-state index in [0.717, 1.165) is 42.8 Å². The maximum absolute atomic E-state index is 13.0. The lowest BCUT2D eigenvalue weighted by atomic mass is 10.1. The van der Waals surface area contributed by atoms with Crippen molar-refractivity contribution in [1.29, 1.82) is 5.26 Å². The zero-order chi connectivity index (χ0) is 20.7. The lowest BCUT2D eigenvalue weighted by molar-refractivity contribution is 0.102. The molecule has 2 aliphatic rings. The highest BCUT2D eigenvalue weighted by Gasteiger charge is 2.29. The van der Waals surface area contributed by atoms with Crippen LogP contribution in [0.3, 0.4) is 0 Å². The lowest BCUT2D eigenvalue weighted by Crippen LogP contribution is -2.15. The van der Waals surface area contributed by atoms with Crippen LogP contribution >= 0.6 is 11.8 Å². The van der Waals surface area contributed by atoms with Crippen molar-refractivity contribution in [3.8, 4) is 17.5 Å². The molecule has 0 radical (unpaired) electrons. The Kier molecular flexibility index (Phi) is 4.71. The van der Waals surface area contributed by atoms with Crippen LogP contribution in [0.1, 0.15) is 59.3 Å². The predicted molar refractivity (Wildman–Crippen MR) is 112 cm³/mol. The van der Waals surface area contributed by atoms with Crippen molar-refractivity contribution in [3.63, 3.8) is 0 Å². The van der Waals surface area contributed by atoms with E-state index in [1.807, 2.05) is 35.2 Å². The molecule has 0 aliphatic heterocycles. The zero-order valence-electron chi connectivity index (χ0n) is 16.4. The van der Waals surface area contributed by atoms with Gasteiger partial charge in [-0.25, -0.2) is 9.67 Å². The molecule has 5 rings (SSSR count). The molecule has 2 heterocycles. The van der Waals surface area contributed by atoms with Gasteiger partial charge in [-0.3, -0.25) is 4.79 Å². The van der Waals surface area contributed by atoms with E-state index in [2.05, 4.69) is 31.9 Å². The van der Waals surface area contributed by atoms with Gasteiger partial charge in [0.2, 0.25) is 0 Å². The van der Waals surface area contributed by atoms with Crippen LogP contribution in [0.25, 0.3) is 11.4 Å². The van der Waals surface area contributed by atoms with Crippen molar-refractivity contribution >= 4 is 23.4 Å². The van der Waals surface area contributed by atoms with Gasteiger partial charge in [0.05, 0.1) is 17.2 Å². The summed E-state index contributed by atoms with van der Waals surface area (Å²) >= 11 is 1.39. The molecule has 2 fully saturated rings. The van der Waals surface area contributed by atoms with Gasteiger partial charge < -0.3 is 5.32 Å². The molecule has 0 spiro atoms.